The third kappa shape index (κ3) is 4.23. The molecule has 1 fully saturated rings. The van der Waals surface area contributed by atoms with Gasteiger partial charge in [-0.15, -0.1) is 0 Å². The molecule has 1 aromatic heterocycles. The molecular weight excluding hydrogens is 446 g/mol. The van der Waals surface area contributed by atoms with Gasteiger partial charge in [-0.1, -0.05) is 12.1 Å². The molecule has 2 aliphatic heterocycles. The normalized spacial score (nSPS) is 16.5. The van der Waals surface area contributed by atoms with Crippen molar-refractivity contribution in [1.29, 1.82) is 0 Å². The van der Waals surface area contributed by atoms with Crippen LogP contribution in [-0.2, 0) is 14.8 Å². The molecule has 11 heteroatoms. The molecule has 2 aromatic carbocycles. The van der Waals surface area contributed by atoms with Gasteiger partial charge in [-0.3, -0.25) is 9.52 Å². The number of fused-ring (bicyclic) bond motifs is 2. The van der Waals surface area contributed by atoms with Gasteiger partial charge in [0.15, 0.2) is 23.1 Å². The maximum Gasteiger partial charge on any atom is 0.263 e. The summed E-state index contributed by atoms with van der Waals surface area (Å²) < 4.78 is 40.1. The number of anilines is 2. The standard InChI is InChI=1S/C22H23N5O5S/c23-20(28)14-7-9-27(10-8-14)22-21(24-16-3-1-2-4-17(16)25-22)26-33(29,30)15-5-6-18-19(13-15)32-12-11-31-18/h1-6,13-14H,7-12H2,(H2,23,28)(H,24,26). The Labute approximate surface area is 190 Å². The van der Waals surface area contributed by atoms with Crippen LogP contribution in [0.2, 0.25) is 0 Å². The first kappa shape index (κ1) is 21.3. The lowest BCUT2D eigenvalue weighted by molar-refractivity contribution is -0.122. The molecule has 3 aromatic rings. The van der Waals surface area contributed by atoms with E-state index in [0.717, 1.165) is 0 Å². The lowest BCUT2D eigenvalue weighted by Crippen LogP contribution is -2.39. The zero-order valence-corrected chi connectivity index (χ0v) is 18.5. The monoisotopic (exact) mass is 469 g/mol. The topological polar surface area (TPSA) is 137 Å². The number of hydrogen-bond acceptors (Lipinski definition) is 8. The van der Waals surface area contributed by atoms with Crippen LogP contribution in [0, 0.1) is 5.92 Å². The van der Waals surface area contributed by atoms with Crippen LogP contribution in [-0.4, -0.2) is 50.6 Å². The molecule has 0 saturated carbocycles. The van der Waals surface area contributed by atoms with Crippen molar-refractivity contribution in [1.82, 2.24) is 9.97 Å². The molecule has 0 unspecified atom stereocenters. The number of carbonyl (C=O) groups is 1. The van der Waals surface area contributed by atoms with Crippen molar-refractivity contribution in [3.05, 3.63) is 42.5 Å². The molecule has 0 atom stereocenters. The highest BCUT2D eigenvalue weighted by atomic mass is 32.2. The molecule has 0 aliphatic carbocycles. The van der Waals surface area contributed by atoms with Gasteiger partial charge in [-0.25, -0.2) is 18.4 Å². The van der Waals surface area contributed by atoms with Crippen molar-refractivity contribution in [2.24, 2.45) is 11.7 Å². The molecule has 1 amide bonds. The number of nitrogens with two attached hydrogens (primary N) is 1. The minimum Gasteiger partial charge on any atom is -0.486 e. The van der Waals surface area contributed by atoms with Crippen molar-refractivity contribution >= 4 is 38.6 Å². The zero-order chi connectivity index (χ0) is 23.0. The maximum atomic E-state index is 13.2. The number of amides is 1. The number of rotatable bonds is 5. The lowest BCUT2D eigenvalue weighted by atomic mass is 9.96. The number of nitrogens with one attached hydrogen (secondary N) is 1. The fourth-order valence-electron chi connectivity index (χ4n) is 4.03. The summed E-state index contributed by atoms with van der Waals surface area (Å²) >= 11 is 0. The summed E-state index contributed by atoms with van der Waals surface area (Å²) in [5.74, 6) is 0.899. The number of aromatic nitrogens is 2. The third-order valence-corrected chi connectivity index (χ3v) is 7.14. The van der Waals surface area contributed by atoms with Gasteiger partial charge in [0.25, 0.3) is 10.0 Å². The van der Waals surface area contributed by atoms with E-state index in [9.17, 15) is 13.2 Å². The van der Waals surface area contributed by atoms with E-state index in [1.54, 1.807) is 12.1 Å². The summed E-state index contributed by atoms with van der Waals surface area (Å²) in [6.07, 6.45) is 1.14. The van der Waals surface area contributed by atoms with Crippen molar-refractivity contribution < 1.29 is 22.7 Å². The smallest absolute Gasteiger partial charge is 0.263 e. The Morgan fingerprint density at radius 3 is 2.36 bits per heavy atom. The van der Waals surface area contributed by atoms with E-state index in [-0.39, 0.29) is 22.5 Å². The highest BCUT2D eigenvalue weighted by Crippen LogP contribution is 2.34. The van der Waals surface area contributed by atoms with Gasteiger partial charge in [-0.2, -0.15) is 0 Å². The molecule has 3 heterocycles. The number of benzene rings is 2. The minimum absolute atomic E-state index is 0.0279. The van der Waals surface area contributed by atoms with Crippen LogP contribution in [0.5, 0.6) is 11.5 Å². The van der Waals surface area contributed by atoms with E-state index in [0.29, 0.717) is 67.5 Å². The third-order valence-electron chi connectivity index (χ3n) is 5.80. The van der Waals surface area contributed by atoms with Gasteiger partial charge >= 0.3 is 0 Å². The number of piperidine rings is 1. The number of para-hydroxylation sites is 2. The summed E-state index contributed by atoms with van der Waals surface area (Å²) in [6.45, 7) is 1.80. The fourth-order valence-corrected chi connectivity index (χ4v) is 5.05. The van der Waals surface area contributed by atoms with E-state index in [4.69, 9.17) is 20.2 Å². The second-order valence-corrected chi connectivity index (χ2v) is 9.64. The van der Waals surface area contributed by atoms with Crippen molar-refractivity contribution in [3.63, 3.8) is 0 Å². The Balaban J connectivity index is 1.50. The summed E-state index contributed by atoms with van der Waals surface area (Å²) in [7, 11) is -3.99. The average Bonchev–Trinajstić information content (AvgIpc) is 2.83. The quantitative estimate of drug-likeness (QED) is 0.578. The molecule has 172 valence electrons. The van der Waals surface area contributed by atoms with E-state index in [2.05, 4.69) is 9.71 Å². The molecule has 0 bridgehead atoms. The number of carbonyl (C=O) groups excluding carboxylic acids is 1. The summed E-state index contributed by atoms with van der Waals surface area (Å²) in [4.78, 5) is 22.8. The van der Waals surface area contributed by atoms with Gasteiger partial charge in [0.05, 0.1) is 15.9 Å². The van der Waals surface area contributed by atoms with Gasteiger partial charge in [0.2, 0.25) is 5.91 Å². The number of primary amides is 1. The molecule has 3 N–H and O–H groups in total. The van der Waals surface area contributed by atoms with Crippen LogP contribution >= 0.6 is 0 Å². The highest BCUT2D eigenvalue weighted by Gasteiger charge is 2.28. The van der Waals surface area contributed by atoms with Crippen LogP contribution in [0.4, 0.5) is 11.6 Å². The van der Waals surface area contributed by atoms with E-state index in [1.807, 2.05) is 23.1 Å². The number of sulfonamides is 1. The van der Waals surface area contributed by atoms with Crippen molar-refractivity contribution in [3.8, 4) is 11.5 Å². The van der Waals surface area contributed by atoms with E-state index < -0.39 is 10.0 Å². The summed E-state index contributed by atoms with van der Waals surface area (Å²) in [5.41, 5.74) is 6.66. The molecular formula is C22H23N5O5S. The van der Waals surface area contributed by atoms with Gasteiger partial charge < -0.3 is 20.1 Å². The molecule has 10 nitrogen and oxygen atoms in total. The molecule has 2 aliphatic rings. The highest BCUT2D eigenvalue weighted by molar-refractivity contribution is 7.92. The fraction of sp³-hybridized carbons (Fsp3) is 0.318. The first-order valence-electron chi connectivity index (χ1n) is 10.6. The summed E-state index contributed by atoms with van der Waals surface area (Å²) in [6, 6.07) is 11.7. The van der Waals surface area contributed by atoms with Crippen molar-refractivity contribution in [2.45, 2.75) is 17.7 Å². The van der Waals surface area contributed by atoms with Crippen molar-refractivity contribution in [2.75, 3.05) is 35.9 Å². The predicted octanol–water partition coefficient (Wildman–Crippen LogP) is 1.90. The molecule has 0 spiro atoms. The van der Waals surface area contributed by atoms with Gasteiger partial charge in [0.1, 0.15) is 13.2 Å². The van der Waals surface area contributed by atoms with Crippen LogP contribution in [0.15, 0.2) is 47.4 Å². The molecule has 0 radical (unpaired) electrons. The van der Waals surface area contributed by atoms with Gasteiger partial charge in [0, 0.05) is 25.1 Å². The Hall–Kier alpha value is -3.60. The maximum absolute atomic E-state index is 13.2. The van der Waals surface area contributed by atoms with E-state index >= 15 is 0 Å². The molecule has 5 rings (SSSR count). The second-order valence-electron chi connectivity index (χ2n) is 7.96. The molecule has 1 saturated heterocycles. The number of ether oxygens (including phenoxy) is 2. The first-order chi connectivity index (χ1) is 15.9. The largest absolute Gasteiger partial charge is 0.486 e. The first-order valence-corrected chi connectivity index (χ1v) is 12.1. The second kappa shape index (κ2) is 8.39. The number of nitrogens with zero attached hydrogens (tertiary/aromatic N) is 3. The van der Waals surface area contributed by atoms with Gasteiger partial charge in [-0.05, 0) is 37.1 Å². The van der Waals surface area contributed by atoms with E-state index in [1.165, 1.54) is 12.1 Å². The molecule has 33 heavy (non-hydrogen) atoms. The predicted molar refractivity (Wildman–Crippen MR) is 122 cm³/mol. The minimum atomic E-state index is -3.99. The Morgan fingerprint density at radius 1 is 1.00 bits per heavy atom. The lowest BCUT2D eigenvalue weighted by Gasteiger charge is -2.32. The summed E-state index contributed by atoms with van der Waals surface area (Å²) in [5, 5.41) is 0. The Bertz CT molecular complexity index is 1320. The SMILES string of the molecule is NC(=O)C1CCN(c2nc3ccccc3nc2NS(=O)(=O)c2ccc3c(c2)OCCO3)CC1. The van der Waals surface area contributed by atoms with Crippen LogP contribution in [0.1, 0.15) is 12.8 Å². The van der Waals surface area contributed by atoms with Crippen LogP contribution in [0.3, 0.4) is 0 Å². The van der Waals surface area contributed by atoms with Crippen LogP contribution in [0.25, 0.3) is 11.0 Å². The average molecular weight is 470 g/mol. The Kier molecular flexibility index (Phi) is 5.41. The Morgan fingerprint density at radius 2 is 1.67 bits per heavy atom. The zero-order valence-electron chi connectivity index (χ0n) is 17.7. The number of hydrogen-bond donors (Lipinski definition) is 2. The van der Waals surface area contributed by atoms with Crippen LogP contribution < -0.4 is 24.8 Å².